The second-order valence-electron chi connectivity index (χ2n) is 5.83. The van der Waals surface area contributed by atoms with Crippen molar-refractivity contribution in [3.05, 3.63) is 78.6 Å². The van der Waals surface area contributed by atoms with Crippen LogP contribution in [-0.2, 0) is 17.8 Å². The van der Waals surface area contributed by atoms with Crippen LogP contribution in [0.1, 0.15) is 11.4 Å². The minimum atomic E-state index is -0.0900. The Morgan fingerprint density at radius 3 is 2.48 bits per heavy atom. The Morgan fingerprint density at radius 2 is 1.74 bits per heavy atom. The summed E-state index contributed by atoms with van der Waals surface area (Å²) in [5.41, 5.74) is 2.68. The van der Waals surface area contributed by atoms with Crippen molar-refractivity contribution < 1.29 is 4.79 Å². The zero-order chi connectivity index (χ0) is 18.5. The highest BCUT2D eigenvalue weighted by Gasteiger charge is 2.09. The summed E-state index contributed by atoms with van der Waals surface area (Å²) in [6.07, 6.45) is 3.43. The van der Waals surface area contributed by atoms with Gasteiger partial charge in [0.05, 0.1) is 18.7 Å². The average molecular weight is 360 g/mol. The number of tetrazole rings is 1. The van der Waals surface area contributed by atoms with Crippen LogP contribution in [0.25, 0.3) is 11.4 Å². The first-order valence-corrected chi connectivity index (χ1v) is 8.33. The van der Waals surface area contributed by atoms with Crippen LogP contribution in [0.5, 0.6) is 0 Å². The van der Waals surface area contributed by atoms with Crippen molar-refractivity contribution in [2.24, 2.45) is 0 Å². The van der Waals surface area contributed by atoms with Gasteiger partial charge in [-0.1, -0.05) is 30.3 Å². The van der Waals surface area contributed by atoms with Gasteiger partial charge >= 0.3 is 0 Å². The Labute approximate surface area is 154 Å². The van der Waals surface area contributed by atoms with Crippen LogP contribution in [0.4, 0.5) is 0 Å². The van der Waals surface area contributed by atoms with Crippen LogP contribution in [0.2, 0.25) is 0 Å². The Morgan fingerprint density at radius 1 is 0.926 bits per heavy atom. The van der Waals surface area contributed by atoms with Crippen LogP contribution >= 0.6 is 0 Å². The molecule has 0 bridgehead atoms. The number of rotatable bonds is 6. The van der Waals surface area contributed by atoms with E-state index in [0.717, 1.165) is 16.9 Å². The van der Waals surface area contributed by atoms with Crippen LogP contribution in [0.15, 0.2) is 67.3 Å². The van der Waals surface area contributed by atoms with Gasteiger partial charge in [-0.15, -0.1) is 15.3 Å². The second-order valence-corrected chi connectivity index (χ2v) is 5.83. The van der Waals surface area contributed by atoms with Gasteiger partial charge in [0.1, 0.15) is 12.7 Å². The second kappa shape index (κ2) is 7.56. The summed E-state index contributed by atoms with van der Waals surface area (Å²) in [5, 5.41) is 21.9. The number of amides is 1. The third-order valence-corrected chi connectivity index (χ3v) is 4.01. The maximum absolute atomic E-state index is 12.3. The van der Waals surface area contributed by atoms with Crippen molar-refractivity contribution in [1.29, 1.82) is 0 Å². The summed E-state index contributed by atoms with van der Waals surface area (Å²) in [6, 6.07) is 17.2. The number of carbonyl (C=O) groups excluding carboxylic acids is 1. The van der Waals surface area contributed by atoms with Gasteiger partial charge < -0.3 is 5.32 Å². The molecule has 27 heavy (non-hydrogen) atoms. The molecule has 0 fully saturated rings. The summed E-state index contributed by atoms with van der Waals surface area (Å²) in [6.45, 7) is 0.302. The number of hydrogen-bond donors (Lipinski definition) is 1. The highest BCUT2D eigenvalue weighted by molar-refractivity contribution is 5.78. The van der Waals surface area contributed by atoms with E-state index in [1.165, 1.54) is 6.33 Å². The van der Waals surface area contributed by atoms with E-state index in [0.29, 0.717) is 12.4 Å². The predicted octanol–water partition coefficient (Wildman–Crippen LogP) is 1.10. The van der Waals surface area contributed by atoms with Gasteiger partial charge in [0.15, 0.2) is 5.82 Å². The molecule has 0 aliphatic rings. The first-order chi connectivity index (χ1) is 13.3. The number of nitrogens with zero attached hydrogens (tertiary/aromatic N) is 7. The van der Waals surface area contributed by atoms with Gasteiger partial charge in [0.25, 0.3) is 0 Å². The average Bonchev–Trinajstić information content (AvgIpc) is 3.40. The fourth-order valence-electron chi connectivity index (χ4n) is 2.66. The Balaban J connectivity index is 1.36. The minimum absolute atomic E-state index is 0.0900. The number of nitrogens with one attached hydrogen (secondary N) is 1. The molecule has 0 saturated heterocycles. The molecule has 2 heterocycles. The van der Waals surface area contributed by atoms with Gasteiger partial charge in [-0.05, 0) is 40.3 Å². The number of carbonyl (C=O) groups is 1. The third-order valence-electron chi connectivity index (χ3n) is 4.01. The van der Waals surface area contributed by atoms with Gasteiger partial charge in [0, 0.05) is 5.69 Å². The largest absolute Gasteiger partial charge is 0.348 e. The van der Waals surface area contributed by atoms with E-state index in [4.69, 9.17) is 0 Å². The molecule has 0 spiro atoms. The van der Waals surface area contributed by atoms with Gasteiger partial charge in [0.2, 0.25) is 5.91 Å². The molecule has 0 atom stereocenters. The van der Waals surface area contributed by atoms with Crippen LogP contribution in [0, 0.1) is 0 Å². The van der Waals surface area contributed by atoms with Crippen LogP contribution in [-0.4, -0.2) is 40.9 Å². The molecule has 0 unspecified atom stereocenters. The van der Waals surface area contributed by atoms with E-state index >= 15 is 0 Å². The lowest BCUT2D eigenvalue weighted by atomic mass is 10.1. The molecule has 134 valence electrons. The molecule has 4 rings (SSSR count). The number of aromatic nitrogens is 7. The Hall–Kier alpha value is -3.88. The number of para-hydroxylation sites is 1. The summed E-state index contributed by atoms with van der Waals surface area (Å²) in [5.74, 6) is 0.580. The van der Waals surface area contributed by atoms with E-state index < -0.39 is 0 Å². The lowest BCUT2D eigenvalue weighted by molar-refractivity contribution is -0.120. The van der Waals surface area contributed by atoms with Crippen LogP contribution in [0.3, 0.4) is 0 Å². The molecule has 2 aromatic heterocycles. The third kappa shape index (κ3) is 3.87. The smallest absolute Gasteiger partial charge is 0.224 e. The Kier molecular flexibility index (Phi) is 4.64. The summed E-state index contributed by atoms with van der Waals surface area (Å²) in [4.78, 5) is 12.3. The van der Waals surface area contributed by atoms with E-state index in [9.17, 15) is 4.79 Å². The highest BCUT2D eigenvalue weighted by atomic mass is 16.1. The maximum atomic E-state index is 12.3. The van der Waals surface area contributed by atoms with E-state index in [1.807, 2.05) is 59.2 Å². The minimum Gasteiger partial charge on any atom is -0.348 e. The van der Waals surface area contributed by atoms with Crippen molar-refractivity contribution in [3.63, 3.8) is 0 Å². The molecule has 9 heteroatoms. The molecule has 2 aromatic carbocycles. The molecule has 0 aliphatic carbocycles. The first kappa shape index (κ1) is 16.6. The number of hydrogen-bond acceptors (Lipinski definition) is 6. The SMILES string of the molecule is O=C(Cc1ccc(-n2cnnn2)cc1)NCc1nncn1-c1ccccc1. The van der Waals surface area contributed by atoms with Crippen molar-refractivity contribution in [2.45, 2.75) is 13.0 Å². The van der Waals surface area contributed by atoms with Gasteiger partial charge in [-0.3, -0.25) is 9.36 Å². The van der Waals surface area contributed by atoms with Crippen molar-refractivity contribution in [1.82, 2.24) is 40.3 Å². The van der Waals surface area contributed by atoms with Crippen molar-refractivity contribution >= 4 is 5.91 Å². The molecule has 0 aliphatic heterocycles. The molecular weight excluding hydrogens is 344 g/mol. The van der Waals surface area contributed by atoms with E-state index in [-0.39, 0.29) is 12.3 Å². The van der Waals surface area contributed by atoms with Crippen molar-refractivity contribution in [3.8, 4) is 11.4 Å². The maximum Gasteiger partial charge on any atom is 0.224 e. The predicted molar refractivity (Wildman–Crippen MR) is 96.1 cm³/mol. The lowest BCUT2D eigenvalue weighted by Gasteiger charge is -2.08. The molecule has 1 N–H and O–H groups in total. The Bertz CT molecular complexity index is 1010. The number of benzene rings is 2. The fraction of sp³-hybridized carbons (Fsp3) is 0.111. The zero-order valence-electron chi connectivity index (χ0n) is 14.3. The molecule has 0 radical (unpaired) electrons. The van der Waals surface area contributed by atoms with Gasteiger partial charge in [-0.2, -0.15) is 0 Å². The zero-order valence-corrected chi connectivity index (χ0v) is 14.3. The topological polar surface area (TPSA) is 103 Å². The van der Waals surface area contributed by atoms with Crippen molar-refractivity contribution in [2.75, 3.05) is 0 Å². The monoisotopic (exact) mass is 360 g/mol. The standard InChI is InChI=1S/C18H16N8O/c27-18(10-14-6-8-16(9-7-14)26-13-21-23-24-26)19-11-17-22-20-12-25(17)15-4-2-1-3-5-15/h1-9,12-13H,10-11H2,(H,19,27). The molecule has 9 nitrogen and oxygen atoms in total. The van der Waals surface area contributed by atoms with Crippen LogP contribution < -0.4 is 5.32 Å². The summed E-state index contributed by atoms with van der Waals surface area (Å²) >= 11 is 0. The first-order valence-electron chi connectivity index (χ1n) is 8.33. The summed E-state index contributed by atoms with van der Waals surface area (Å²) in [7, 11) is 0. The lowest BCUT2D eigenvalue weighted by Crippen LogP contribution is -2.26. The summed E-state index contributed by atoms with van der Waals surface area (Å²) < 4.78 is 3.40. The fourth-order valence-corrected chi connectivity index (χ4v) is 2.66. The van der Waals surface area contributed by atoms with E-state index in [1.54, 1.807) is 11.0 Å². The van der Waals surface area contributed by atoms with E-state index in [2.05, 4.69) is 31.0 Å². The highest BCUT2D eigenvalue weighted by Crippen LogP contribution is 2.10. The quantitative estimate of drug-likeness (QED) is 0.552. The normalized spacial score (nSPS) is 10.7. The molecule has 1 amide bonds. The molecule has 0 saturated carbocycles. The molecular formula is C18H16N8O. The molecule has 4 aromatic rings. The van der Waals surface area contributed by atoms with Gasteiger partial charge in [-0.25, -0.2) is 4.68 Å².